The molecule has 3 heterocycles. The maximum atomic E-state index is 13.7. The van der Waals surface area contributed by atoms with Crippen molar-refractivity contribution in [2.75, 3.05) is 7.05 Å². The number of nitrogens with one attached hydrogen (secondary N) is 3. The lowest BCUT2D eigenvalue weighted by atomic mass is 9.96. The normalized spacial score (nSPS) is 13.8. The highest BCUT2D eigenvalue weighted by Crippen LogP contribution is 2.44. The van der Waals surface area contributed by atoms with Crippen molar-refractivity contribution in [3.63, 3.8) is 0 Å². The van der Waals surface area contributed by atoms with E-state index in [9.17, 15) is 14.0 Å². The van der Waals surface area contributed by atoms with Crippen LogP contribution in [0.25, 0.3) is 44.3 Å². The summed E-state index contributed by atoms with van der Waals surface area (Å²) in [5, 5.41) is 7.23. The number of aromatic nitrogens is 3. The summed E-state index contributed by atoms with van der Waals surface area (Å²) in [5.41, 5.74) is 3.82. The molecule has 3 N–H and O–H groups in total. The van der Waals surface area contributed by atoms with Gasteiger partial charge in [0, 0.05) is 53.1 Å². The highest BCUT2D eigenvalue weighted by atomic mass is 19.1. The van der Waals surface area contributed by atoms with E-state index < -0.39 is 5.54 Å². The summed E-state index contributed by atoms with van der Waals surface area (Å²) in [6.07, 6.45) is 6.72. The van der Waals surface area contributed by atoms with Crippen molar-refractivity contribution >= 4 is 33.7 Å². The molecule has 8 nitrogen and oxygen atoms in total. The number of nitrogens with zero attached hydrogens (tertiary/aromatic N) is 2. The van der Waals surface area contributed by atoms with E-state index in [1.807, 2.05) is 30.3 Å². The van der Waals surface area contributed by atoms with Crippen LogP contribution in [-0.4, -0.2) is 33.8 Å². The number of rotatable bonds is 6. The molecule has 3 aromatic heterocycles. The molecule has 0 radical (unpaired) electrons. The van der Waals surface area contributed by atoms with E-state index in [1.54, 1.807) is 49.9 Å². The van der Waals surface area contributed by atoms with Gasteiger partial charge in [0.25, 0.3) is 11.8 Å². The lowest BCUT2D eigenvalue weighted by Gasteiger charge is -2.16. The zero-order chi connectivity index (χ0) is 28.1. The van der Waals surface area contributed by atoms with Crippen LogP contribution >= 0.6 is 0 Å². The average molecular weight is 546 g/mol. The third-order valence-electron chi connectivity index (χ3n) is 7.59. The summed E-state index contributed by atoms with van der Waals surface area (Å²) in [7, 11) is 1.56. The summed E-state index contributed by atoms with van der Waals surface area (Å²) < 4.78 is 20.0. The van der Waals surface area contributed by atoms with E-state index in [2.05, 4.69) is 25.6 Å². The maximum Gasteiger partial charge on any atom is 0.255 e. The largest absolute Gasteiger partial charge is 0.454 e. The maximum absolute atomic E-state index is 13.7. The van der Waals surface area contributed by atoms with Crippen molar-refractivity contribution in [1.82, 2.24) is 25.6 Å². The third kappa shape index (κ3) is 4.13. The molecule has 6 aromatic rings. The molecule has 1 fully saturated rings. The van der Waals surface area contributed by atoms with Gasteiger partial charge in [-0.05, 0) is 73.0 Å². The number of hydrogen-bond acceptors (Lipinski definition) is 5. The number of benzene rings is 3. The van der Waals surface area contributed by atoms with Crippen LogP contribution in [0.4, 0.5) is 4.39 Å². The summed E-state index contributed by atoms with van der Waals surface area (Å²) in [6, 6.07) is 18.7. The molecule has 3 aromatic carbocycles. The molecule has 0 spiro atoms. The van der Waals surface area contributed by atoms with Gasteiger partial charge < -0.3 is 20.0 Å². The van der Waals surface area contributed by atoms with Gasteiger partial charge in [0.15, 0.2) is 5.82 Å². The standard InChI is InChI=1S/C32H24FN5O3/c1-34-30(40)25-24-17-23(26-22(10-15-35-26)28(24)41-27(25)18-6-8-21(33)9-7-18)19-4-2-5-20(16-19)29(39)38-32(11-12-32)31-36-13-3-14-37-31/h2-10,13-17,35H,11-12H2,1H3,(H,34,40)(H,38,39). The van der Waals surface area contributed by atoms with Gasteiger partial charge in [-0.1, -0.05) is 12.1 Å². The zero-order valence-corrected chi connectivity index (χ0v) is 22.0. The SMILES string of the molecule is CNC(=O)c1c(-c2ccc(F)cc2)oc2c1cc(-c1cccc(C(=O)NC3(c4ncccn4)CC3)c1)c1[nH]ccc12. The fourth-order valence-corrected chi connectivity index (χ4v) is 5.36. The highest BCUT2D eigenvalue weighted by molar-refractivity contribution is 6.19. The van der Waals surface area contributed by atoms with Crippen LogP contribution in [0.5, 0.6) is 0 Å². The van der Waals surface area contributed by atoms with Crippen LogP contribution in [0, 0.1) is 5.82 Å². The number of fused-ring (bicyclic) bond motifs is 3. The summed E-state index contributed by atoms with van der Waals surface area (Å²) in [5.74, 6) is 0.0460. The van der Waals surface area contributed by atoms with Crippen molar-refractivity contribution in [3.05, 3.63) is 108 Å². The second-order valence-corrected chi connectivity index (χ2v) is 10.1. The number of carbonyl (C=O) groups is 2. The number of amides is 2. The van der Waals surface area contributed by atoms with Crippen LogP contribution in [0.2, 0.25) is 0 Å². The van der Waals surface area contributed by atoms with Gasteiger partial charge in [-0.15, -0.1) is 0 Å². The van der Waals surface area contributed by atoms with E-state index in [1.165, 1.54) is 12.1 Å². The molecule has 0 saturated heterocycles. The third-order valence-corrected chi connectivity index (χ3v) is 7.59. The second kappa shape index (κ2) is 9.41. The lowest BCUT2D eigenvalue weighted by Crippen LogP contribution is -2.36. The molecule has 0 unspecified atom stereocenters. The number of aromatic amines is 1. The van der Waals surface area contributed by atoms with Gasteiger partial charge in [0.2, 0.25) is 0 Å². The topological polar surface area (TPSA) is 113 Å². The van der Waals surface area contributed by atoms with Gasteiger partial charge in [-0.2, -0.15) is 0 Å². The Morgan fingerprint density at radius 1 is 0.927 bits per heavy atom. The Morgan fingerprint density at radius 3 is 2.44 bits per heavy atom. The van der Waals surface area contributed by atoms with Gasteiger partial charge in [0.1, 0.15) is 22.7 Å². The van der Waals surface area contributed by atoms with Gasteiger partial charge >= 0.3 is 0 Å². The van der Waals surface area contributed by atoms with E-state index in [-0.39, 0.29) is 17.6 Å². The van der Waals surface area contributed by atoms with E-state index in [0.29, 0.717) is 39.2 Å². The van der Waals surface area contributed by atoms with Crippen LogP contribution in [0.15, 0.2) is 89.7 Å². The molecule has 41 heavy (non-hydrogen) atoms. The summed E-state index contributed by atoms with van der Waals surface area (Å²) >= 11 is 0. The van der Waals surface area contributed by atoms with Gasteiger partial charge in [-0.25, -0.2) is 14.4 Å². The van der Waals surface area contributed by atoms with Crippen molar-refractivity contribution in [3.8, 4) is 22.5 Å². The molecule has 1 saturated carbocycles. The first-order valence-corrected chi connectivity index (χ1v) is 13.2. The minimum atomic E-state index is -0.546. The molecule has 0 aliphatic heterocycles. The fraction of sp³-hybridized carbons (Fsp3) is 0.125. The van der Waals surface area contributed by atoms with Crippen LogP contribution in [0.1, 0.15) is 39.4 Å². The lowest BCUT2D eigenvalue weighted by molar-refractivity contribution is 0.0926. The van der Waals surface area contributed by atoms with E-state index >= 15 is 0 Å². The molecule has 2 amide bonds. The minimum Gasteiger partial charge on any atom is -0.454 e. The Hall–Kier alpha value is -5.31. The average Bonchev–Trinajstić information content (AvgIpc) is 3.44. The van der Waals surface area contributed by atoms with Crippen molar-refractivity contribution in [1.29, 1.82) is 0 Å². The summed E-state index contributed by atoms with van der Waals surface area (Å²) in [6.45, 7) is 0. The predicted molar refractivity (Wildman–Crippen MR) is 153 cm³/mol. The fourth-order valence-electron chi connectivity index (χ4n) is 5.36. The summed E-state index contributed by atoms with van der Waals surface area (Å²) in [4.78, 5) is 38.5. The molecule has 0 atom stereocenters. The number of carbonyl (C=O) groups excluding carboxylic acids is 2. The zero-order valence-electron chi connectivity index (χ0n) is 22.0. The van der Waals surface area contributed by atoms with Crippen LogP contribution < -0.4 is 10.6 Å². The Labute approximate surface area is 233 Å². The Balaban J connectivity index is 1.34. The Bertz CT molecular complexity index is 1960. The molecular weight excluding hydrogens is 521 g/mol. The van der Waals surface area contributed by atoms with E-state index in [4.69, 9.17) is 4.42 Å². The van der Waals surface area contributed by atoms with Gasteiger partial charge in [0.05, 0.1) is 11.1 Å². The first kappa shape index (κ1) is 24.7. The number of hydrogen-bond donors (Lipinski definition) is 3. The molecular formula is C32H24FN5O3. The quantitative estimate of drug-likeness (QED) is 0.239. The molecule has 1 aliphatic carbocycles. The first-order chi connectivity index (χ1) is 20.0. The molecule has 7 rings (SSSR count). The van der Waals surface area contributed by atoms with E-state index in [0.717, 1.165) is 34.9 Å². The Kier molecular flexibility index (Phi) is 5.67. The first-order valence-electron chi connectivity index (χ1n) is 13.2. The monoisotopic (exact) mass is 545 g/mol. The molecule has 9 heteroatoms. The molecule has 1 aliphatic rings. The Morgan fingerprint density at radius 2 is 1.71 bits per heavy atom. The minimum absolute atomic E-state index is 0.214. The van der Waals surface area contributed by atoms with Crippen molar-refractivity contribution < 1.29 is 18.4 Å². The van der Waals surface area contributed by atoms with Crippen molar-refractivity contribution in [2.24, 2.45) is 0 Å². The molecule has 0 bridgehead atoms. The predicted octanol–water partition coefficient (Wildman–Crippen LogP) is 5.96. The van der Waals surface area contributed by atoms with Crippen LogP contribution in [-0.2, 0) is 5.54 Å². The number of halogens is 1. The van der Waals surface area contributed by atoms with Crippen LogP contribution in [0.3, 0.4) is 0 Å². The molecule has 202 valence electrons. The smallest absolute Gasteiger partial charge is 0.255 e. The van der Waals surface area contributed by atoms with Gasteiger partial charge in [-0.3, -0.25) is 9.59 Å². The number of H-pyrrole nitrogens is 1. The highest BCUT2D eigenvalue weighted by Gasteiger charge is 2.48. The van der Waals surface area contributed by atoms with Crippen molar-refractivity contribution in [2.45, 2.75) is 18.4 Å². The number of furan rings is 1. The second-order valence-electron chi connectivity index (χ2n) is 10.1.